The van der Waals surface area contributed by atoms with E-state index in [2.05, 4.69) is 34.4 Å². The summed E-state index contributed by atoms with van der Waals surface area (Å²) in [7, 11) is 0. The summed E-state index contributed by atoms with van der Waals surface area (Å²) < 4.78 is 0. The lowest BCUT2D eigenvalue weighted by atomic mass is 10.0. The molecule has 4 N–H and O–H groups in total. The molecular formula is C24H47N5. The van der Waals surface area contributed by atoms with Gasteiger partial charge in [-0.3, -0.25) is 0 Å². The van der Waals surface area contributed by atoms with E-state index in [9.17, 15) is 0 Å². The van der Waals surface area contributed by atoms with Gasteiger partial charge in [-0.25, -0.2) is 9.97 Å². The first-order chi connectivity index (χ1) is 14.3. The third-order valence-corrected chi connectivity index (χ3v) is 5.53. The zero-order valence-electron chi connectivity index (χ0n) is 19.3. The number of hydrogen-bond acceptors (Lipinski definition) is 5. The molecule has 5 nitrogen and oxygen atoms in total. The molecule has 0 bridgehead atoms. The maximum Gasteiger partial charge on any atom is 0.154 e. The average molecular weight is 406 g/mol. The van der Waals surface area contributed by atoms with Crippen LogP contribution in [0.4, 0.5) is 17.3 Å². The number of nitrogens with one attached hydrogen (secondary N) is 2. The molecule has 1 rings (SSSR count). The molecule has 0 fully saturated rings. The van der Waals surface area contributed by atoms with Gasteiger partial charge in [0.15, 0.2) is 11.6 Å². The van der Waals surface area contributed by atoms with E-state index in [4.69, 9.17) is 5.73 Å². The summed E-state index contributed by atoms with van der Waals surface area (Å²) in [5.41, 5.74) is 6.81. The van der Waals surface area contributed by atoms with Gasteiger partial charge in [0.05, 0.1) is 0 Å². The van der Waals surface area contributed by atoms with E-state index >= 15 is 0 Å². The van der Waals surface area contributed by atoms with Crippen molar-refractivity contribution >= 4 is 17.3 Å². The van der Waals surface area contributed by atoms with Crippen LogP contribution in [0.2, 0.25) is 0 Å². The number of hydrogen-bond donors (Lipinski definition) is 3. The van der Waals surface area contributed by atoms with Crippen molar-refractivity contribution in [2.75, 3.05) is 29.5 Å². The Morgan fingerprint density at radius 1 is 0.586 bits per heavy atom. The van der Waals surface area contributed by atoms with Crippen LogP contribution in [-0.4, -0.2) is 23.1 Å². The summed E-state index contributed by atoms with van der Waals surface area (Å²) in [5.74, 6) is 1.51. The van der Waals surface area contributed by atoms with Crippen LogP contribution in [0.25, 0.3) is 0 Å². The highest BCUT2D eigenvalue weighted by Crippen LogP contribution is 2.22. The molecule has 0 aromatic carbocycles. The minimum absolute atomic E-state index is 0.633. The van der Waals surface area contributed by atoms with Gasteiger partial charge in [-0.2, -0.15) is 0 Å². The number of aromatic nitrogens is 2. The number of unbranched alkanes of at least 4 members (excludes halogenated alkanes) is 14. The zero-order chi connectivity index (χ0) is 21.0. The van der Waals surface area contributed by atoms with Crippen LogP contribution < -0.4 is 16.4 Å². The first kappa shape index (κ1) is 25.5. The molecule has 0 spiro atoms. The van der Waals surface area contributed by atoms with Gasteiger partial charge in [0.1, 0.15) is 12.0 Å². The van der Waals surface area contributed by atoms with Gasteiger partial charge in [-0.1, -0.05) is 104 Å². The number of nitrogens with zero attached hydrogens (tertiary/aromatic N) is 2. The molecule has 1 aromatic rings. The smallest absolute Gasteiger partial charge is 0.154 e. The maximum absolute atomic E-state index is 6.18. The Morgan fingerprint density at radius 3 is 1.41 bits per heavy atom. The molecule has 0 aliphatic rings. The maximum atomic E-state index is 6.18. The summed E-state index contributed by atoms with van der Waals surface area (Å²) in [5, 5.41) is 6.66. The molecule has 0 unspecified atom stereocenters. The molecule has 29 heavy (non-hydrogen) atoms. The van der Waals surface area contributed by atoms with Crippen LogP contribution in [0.1, 0.15) is 117 Å². The standard InChI is InChI=1S/C24H47N5/c1-3-5-7-8-9-10-11-12-13-14-15-16-17-18-20-27-24-22(25)23(28-21-29-24)26-19-6-4-2/h21H,3-20,25H2,1-2H3,(H2,26,27,28,29). The number of rotatable bonds is 20. The van der Waals surface area contributed by atoms with Gasteiger partial charge in [0.2, 0.25) is 0 Å². The second kappa shape index (κ2) is 18.5. The van der Waals surface area contributed by atoms with Crippen molar-refractivity contribution in [3.05, 3.63) is 6.33 Å². The van der Waals surface area contributed by atoms with Crippen LogP contribution in [-0.2, 0) is 0 Å². The van der Waals surface area contributed by atoms with Crippen LogP contribution in [0.3, 0.4) is 0 Å². The van der Waals surface area contributed by atoms with E-state index in [1.54, 1.807) is 6.33 Å². The van der Waals surface area contributed by atoms with Crippen LogP contribution >= 0.6 is 0 Å². The third-order valence-electron chi connectivity index (χ3n) is 5.53. The van der Waals surface area contributed by atoms with Crippen LogP contribution in [0.5, 0.6) is 0 Å². The van der Waals surface area contributed by atoms with Crippen molar-refractivity contribution in [3.63, 3.8) is 0 Å². The normalized spacial score (nSPS) is 11.0. The first-order valence-corrected chi connectivity index (χ1v) is 12.4. The lowest BCUT2D eigenvalue weighted by molar-refractivity contribution is 0.537. The van der Waals surface area contributed by atoms with E-state index in [1.807, 2.05) is 0 Å². The Bertz CT molecular complexity index is 492. The largest absolute Gasteiger partial charge is 0.393 e. The second-order valence-corrected chi connectivity index (χ2v) is 8.29. The molecule has 0 saturated heterocycles. The highest BCUT2D eigenvalue weighted by Gasteiger charge is 2.06. The minimum Gasteiger partial charge on any atom is -0.393 e. The van der Waals surface area contributed by atoms with Gasteiger partial charge in [0, 0.05) is 13.1 Å². The van der Waals surface area contributed by atoms with Crippen molar-refractivity contribution in [2.24, 2.45) is 0 Å². The van der Waals surface area contributed by atoms with Gasteiger partial charge in [-0.15, -0.1) is 0 Å². The molecule has 1 heterocycles. The fourth-order valence-electron chi connectivity index (χ4n) is 3.59. The Labute approximate surface area is 180 Å². The SMILES string of the molecule is CCCCCCCCCCCCCCCCNc1ncnc(NCCCC)c1N. The quantitative estimate of drug-likeness (QED) is 0.201. The molecular weight excluding hydrogens is 358 g/mol. The van der Waals surface area contributed by atoms with Gasteiger partial charge in [0.25, 0.3) is 0 Å². The molecule has 0 amide bonds. The topological polar surface area (TPSA) is 75.9 Å². The molecule has 0 aliphatic heterocycles. The minimum atomic E-state index is 0.633. The molecule has 5 heteroatoms. The van der Waals surface area contributed by atoms with Crippen molar-refractivity contribution in [2.45, 2.75) is 117 Å². The monoisotopic (exact) mass is 405 g/mol. The van der Waals surface area contributed by atoms with Gasteiger partial charge >= 0.3 is 0 Å². The second-order valence-electron chi connectivity index (χ2n) is 8.29. The fraction of sp³-hybridized carbons (Fsp3) is 0.833. The van der Waals surface area contributed by atoms with E-state index < -0.39 is 0 Å². The van der Waals surface area contributed by atoms with Crippen LogP contribution in [0.15, 0.2) is 6.33 Å². The predicted octanol–water partition coefficient (Wildman–Crippen LogP) is 7.16. The van der Waals surface area contributed by atoms with Crippen molar-refractivity contribution in [1.29, 1.82) is 0 Å². The van der Waals surface area contributed by atoms with Gasteiger partial charge in [-0.05, 0) is 12.8 Å². The third kappa shape index (κ3) is 13.3. The highest BCUT2D eigenvalue weighted by atomic mass is 15.1. The Morgan fingerprint density at radius 2 is 0.966 bits per heavy atom. The fourth-order valence-corrected chi connectivity index (χ4v) is 3.59. The van der Waals surface area contributed by atoms with Crippen LogP contribution in [0, 0.1) is 0 Å². The Hall–Kier alpha value is -1.52. The van der Waals surface area contributed by atoms with E-state index in [-0.39, 0.29) is 0 Å². The first-order valence-electron chi connectivity index (χ1n) is 12.4. The van der Waals surface area contributed by atoms with E-state index in [1.165, 1.54) is 89.9 Å². The molecule has 1 aromatic heterocycles. The summed E-state index contributed by atoms with van der Waals surface area (Å²) in [6.45, 7) is 6.28. The lowest BCUT2D eigenvalue weighted by Crippen LogP contribution is -2.11. The van der Waals surface area contributed by atoms with E-state index in [0.717, 1.165) is 37.6 Å². The summed E-state index contributed by atoms with van der Waals surface area (Å²) in [6, 6.07) is 0. The molecule has 0 aliphatic carbocycles. The summed E-state index contributed by atoms with van der Waals surface area (Å²) >= 11 is 0. The number of nitrogens with two attached hydrogens (primary N) is 1. The Kier molecular flexibility index (Phi) is 16.3. The number of anilines is 3. The zero-order valence-corrected chi connectivity index (χ0v) is 19.3. The average Bonchev–Trinajstić information content (AvgIpc) is 2.73. The van der Waals surface area contributed by atoms with Gasteiger partial charge < -0.3 is 16.4 Å². The summed E-state index contributed by atoms with van der Waals surface area (Å²) in [4.78, 5) is 8.53. The Balaban J connectivity index is 1.95. The lowest BCUT2D eigenvalue weighted by Gasteiger charge is -2.12. The molecule has 168 valence electrons. The molecule has 0 atom stereocenters. The van der Waals surface area contributed by atoms with Crippen molar-refractivity contribution < 1.29 is 0 Å². The van der Waals surface area contributed by atoms with Crippen molar-refractivity contribution in [1.82, 2.24) is 9.97 Å². The number of nitrogen functional groups attached to an aromatic ring is 1. The molecule has 0 radical (unpaired) electrons. The summed E-state index contributed by atoms with van der Waals surface area (Å²) in [6.07, 6.45) is 23.2. The molecule has 0 saturated carbocycles. The predicted molar refractivity (Wildman–Crippen MR) is 129 cm³/mol. The van der Waals surface area contributed by atoms with E-state index in [0.29, 0.717) is 5.69 Å². The van der Waals surface area contributed by atoms with Crippen molar-refractivity contribution in [3.8, 4) is 0 Å². The highest BCUT2D eigenvalue weighted by molar-refractivity contribution is 5.73.